The number of rotatable bonds is 5. The van der Waals surface area contributed by atoms with Crippen molar-refractivity contribution in [2.45, 2.75) is 25.8 Å². The van der Waals surface area contributed by atoms with Crippen molar-refractivity contribution in [3.8, 4) is 17.4 Å². The van der Waals surface area contributed by atoms with Gasteiger partial charge in [-0.1, -0.05) is 23.4 Å². The number of aromatic nitrogens is 4. The molecule has 0 aliphatic carbocycles. The van der Waals surface area contributed by atoms with Crippen LogP contribution >= 0.6 is 0 Å². The first-order chi connectivity index (χ1) is 13.5. The zero-order valence-corrected chi connectivity index (χ0v) is 14.7. The van der Waals surface area contributed by atoms with Crippen molar-refractivity contribution in [3.63, 3.8) is 0 Å². The van der Waals surface area contributed by atoms with E-state index in [0.29, 0.717) is 12.1 Å². The summed E-state index contributed by atoms with van der Waals surface area (Å²) in [7, 11) is 0. The van der Waals surface area contributed by atoms with Crippen molar-refractivity contribution < 1.29 is 22.8 Å². The van der Waals surface area contributed by atoms with E-state index in [-0.39, 0.29) is 23.5 Å². The fraction of sp³-hybridized carbons (Fsp3) is 0.278. The highest BCUT2D eigenvalue weighted by Gasteiger charge is 2.36. The van der Waals surface area contributed by atoms with E-state index in [1.165, 1.54) is 19.3 Å². The maximum Gasteiger partial charge on any atom is 0.272 e. The lowest BCUT2D eigenvalue weighted by molar-refractivity contribution is -0.117. The number of hydrogen-bond donors (Lipinski definition) is 0. The van der Waals surface area contributed by atoms with E-state index in [1.54, 1.807) is 4.90 Å². The number of benzene rings is 1. The van der Waals surface area contributed by atoms with E-state index in [2.05, 4.69) is 20.1 Å². The fourth-order valence-electron chi connectivity index (χ4n) is 3.10. The molecular formula is C18H15F2N5O3. The first-order valence-electron chi connectivity index (χ1n) is 8.47. The first-order valence-corrected chi connectivity index (χ1v) is 8.47. The minimum Gasteiger partial charge on any atom is -0.470 e. The van der Waals surface area contributed by atoms with Gasteiger partial charge in [0.1, 0.15) is 11.7 Å². The summed E-state index contributed by atoms with van der Waals surface area (Å²) in [5.41, 5.74) is 2.13. The summed E-state index contributed by atoms with van der Waals surface area (Å²) >= 11 is 0. The van der Waals surface area contributed by atoms with Crippen molar-refractivity contribution in [2.24, 2.45) is 0 Å². The zero-order chi connectivity index (χ0) is 19.7. The zero-order valence-electron chi connectivity index (χ0n) is 14.7. The molecule has 2 aromatic heterocycles. The molecule has 3 heterocycles. The number of hydrogen-bond acceptors (Lipinski definition) is 7. The molecule has 1 aromatic carbocycles. The van der Waals surface area contributed by atoms with Crippen LogP contribution in [0.2, 0.25) is 0 Å². The summed E-state index contributed by atoms with van der Waals surface area (Å²) in [6.07, 6.45) is 0.479. The predicted molar refractivity (Wildman–Crippen MR) is 92.9 cm³/mol. The number of nitrogens with zero attached hydrogens (tertiary/aromatic N) is 5. The molecule has 1 aliphatic heterocycles. The molecule has 144 valence electrons. The number of carbonyl (C=O) groups excluding carboxylic acids is 1. The summed E-state index contributed by atoms with van der Waals surface area (Å²) in [4.78, 5) is 26.1. The van der Waals surface area contributed by atoms with Crippen molar-refractivity contribution in [1.29, 1.82) is 0 Å². The Morgan fingerprint density at radius 3 is 2.86 bits per heavy atom. The lowest BCUT2D eigenvalue weighted by Gasteiger charge is -2.21. The fourth-order valence-corrected chi connectivity index (χ4v) is 3.10. The van der Waals surface area contributed by atoms with Gasteiger partial charge in [0.25, 0.3) is 12.3 Å². The number of anilines is 1. The summed E-state index contributed by atoms with van der Waals surface area (Å²) in [6, 6.07) is 7.19. The molecule has 0 unspecified atom stereocenters. The van der Waals surface area contributed by atoms with Gasteiger partial charge < -0.3 is 9.26 Å². The second-order valence-electron chi connectivity index (χ2n) is 6.14. The minimum atomic E-state index is -2.60. The number of carbonyl (C=O) groups is 1. The smallest absolute Gasteiger partial charge is 0.272 e. The second kappa shape index (κ2) is 7.29. The third kappa shape index (κ3) is 3.40. The number of fused-ring (bicyclic) bond motifs is 1. The highest BCUT2D eigenvalue weighted by molar-refractivity contribution is 5.94. The molecule has 3 aromatic rings. The highest BCUT2D eigenvalue weighted by atomic mass is 19.3. The van der Waals surface area contributed by atoms with Crippen LogP contribution < -0.4 is 9.64 Å². The van der Waals surface area contributed by atoms with Gasteiger partial charge in [-0.25, -0.2) is 18.7 Å². The maximum atomic E-state index is 12.2. The molecule has 8 nitrogen and oxygen atoms in total. The first kappa shape index (κ1) is 18.0. The van der Waals surface area contributed by atoms with Gasteiger partial charge >= 0.3 is 0 Å². The number of alkyl halides is 2. The van der Waals surface area contributed by atoms with E-state index in [1.807, 2.05) is 24.3 Å². The van der Waals surface area contributed by atoms with Gasteiger partial charge in [0.05, 0.1) is 12.4 Å². The molecular weight excluding hydrogens is 372 g/mol. The van der Waals surface area contributed by atoms with Crippen LogP contribution in [0.5, 0.6) is 5.88 Å². The van der Waals surface area contributed by atoms with E-state index in [4.69, 9.17) is 9.26 Å². The molecule has 28 heavy (non-hydrogen) atoms. The lowest BCUT2D eigenvalue weighted by Crippen LogP contribution is -2.30. The van der Waals surface area contributed by atoms with E-state index in [9.17, 15) is 13.6 Å². The van der Waals surface area contributed by atoms with Crippen LogP contribution in [0.3, 0.4) is 0 Å². The number of para-hydroxylation sites is 1. The van der Waals surface area contributed by atoms with E-state index in [0.717, 1.165) is 11.3 Å². The summed E-state index contributed by atoms with van der Waals surface area (Å²) in [5.74, 6) is 0.306. The largest absolute Gasteiger partial charge is 0.470 e. The van der Waals surface area contributed by atoms with E-state index < -0.39 is 19.1 Å². The average Bonchev–Trinajstić information content (AvgIpc) is 3.31. The Labute approximate surface area is 158 Å². The third-order valence-electron chi connectivity index (χ3n) is 4.26. The molecule has 1 aliphatic rings. The topological polar surface area (TPSA) is 94.2 Å². The number of amides is 1. The SMILES string of the molecule is CC(=O)N1c2ccccc2C[C@H]1c1nc(-c2cnc(OCC(F)F)cn2)no1. The Morgan fingerprint density at radius 1 is 1.32 bits per heavy atom. The molecule has 0 fully saturated rings. The maximum absolute atomic E-state index is 12.2. The molecule has 1 amide bonds. The minimum absolute atomic E-state index is 0.0261. The molecule has 0 N–H and O–H groups in total. The number of ether oxygens (including phenoxy) is 1. The van der Waals surface area contributed by atoms with Gasteiger partial charge in [-0.2, -0.15) is 4.98 Å². The van der Waals surface area contributed by atoms with Crippen LogP contribution in [0.15, 0.2) is 41.2 Å². The van der Waals surface area contributed by atoms with E-state index >= 15 is 0 Å². The Hall–Kier alpha value is -3.43. The van der Waals surface area contributed by atoms with Crippen molar-refractivity contribution in [3.05, 3.63) is 48.1 Å². The third-order valence-corrected chi connectivity index (χ3v) is 4.26. The predicted octanol–water partition coefficient (Wildman–Crippen LogP) is 2.82. The monoisotopic (exact) mass is 387 g/mol. The summed E-state index contributed by atoms with van der Waals surface area (Å²) in [6.45, 7) is 0.722. The van der Waals surface area contributed by atoms with Crippen LogP contribution in [-0.4, -0.2) is 39.0 Å². The Morgan fingerprint density at radius 2 is 2.14 bits per heavy atom. The standard InChI is InChI=1S/C18H15F2N5O3/c1-10(26)25-13-5-3-2-4-11(13)6-14(25)18-23-17(24-28-18)12-7-22-16(8-21-12)27-9-15(19)20/h2-5,7-8,14-15H,6,9H2,1H3/t14-/m0/s1. The quantitative estimate of drug-likeness (QED) is 0.664. The molecule has 1 atom stereocenters. The van der Waals surface area contributed by atoms with Crippen LogP contribution in [0.1, 0.15) is 24.4 Å². The van der Waals surface area contributed by atoms with Crippen LogP contribution in [0, 0.1) is 0 Å². The molecule has 0 bridgehead atoms. The van der Waals surface area contributed by atoms with Crippen molar-refractivity contribution in [2.75, 3.05) is 11.5 Å². The number of halogens is 2. The Bertz CT molecular complexity index is 993. The lowest BCUT2D eigenvalue weighted by atomic mass is 10.1. The molecule has 10 heteroatoms. The van der Waals surface area contributed by atoms with Gasteiger partial charge in [-0.05, 0) is 11.6 Å². The van der Waals surface area contributed by atoms with Gasteiger partial charge in [0.2, 0.25) is 17.6 Å². The van der Waals surface area contributed by atoms with Gasteiger partial charge in [0, 0.05) is 19.0 Å². The molecule has 0 spiro atoms. The van der Waals surface area contributed by atoms with Crippen LogP contribution in [0.4, 0.5) is 14.5 Å². The Balaban J connectivity index is 1.55. The average molecular weight is 387 g/mol. The molecule has 0 radical (unpaired) electrons. The van der Waals surface area contributed by atoms with Crippen LogP contribution in [-0.2, 0) is 11.2 Å². The summed E-state index contributed by atoms with van der Waals surface area (Å²) < 4.78 is 34.5. The molecule has 0 saturated heterocycles. The van der Waals surface area contributed by atoms with Crippen molar-refractivity contribution in [1.82, 2.24) is 20.1 Å². The highest BCUT2D eigenvalue weighted by Crippen LogP contribution is 2.40. The molecule has 0 saturated carbocycles. The molecule has 4 rings (SSSR count). The van der Waals surface area contributed by atoms with Crippen molar-refractivity contribution >= 4 is 11.6 Å². The van der Waals surface area contributed by atoms with Gasteiger partial charge in [0.15, 0.2) is 6.61 Å². The summed E-state index contributed by atoms with van der Waals surface area (Å²) in [5, 5.41) is 3.90. The normalized spacial score (nSPS) is 15.7. The van der Waals surface area contributed by atoms with Gasteiger partial charge in [-0.3, -0.25) is 9.69 Å². The Kier molecular flexibility index (Phi) is 4.68. The van der Waals surface area contributed by atoms with Crippen LogP contribution in [0.25, 0.3) is 11.5 Å². The van der Waals surface area contributed by atoms with Gasteiger partial charge in [-0.15, -0.1) is 0 Å². The second-order valence-corrected chi connectivity index (χ2v) is 6.14.